The SMILES string of the molecule is COc1ccc(C(OC[C@H]2O[C@@H](N3C(=O)NC(NCCNC(=O)C(F)(F)F)C=C3C)C[C@@H]2OP(OCCC#N)N(C(C)C)C(C)C)(c2ccccc2)c2ccc(OC)cc2)cc1. The molecule has 0 radical (unpaired) electrons. The zero-order valence-corrected chi connectivity index (χ0v) is 36.9. The van der Waals surface area contributed by atoms with E-state index in [1.54, 1.807) is 27.2 Å². The van der Waals surface area contributed by atoms with Crippen LogP contribution in [0, 0.1) is 11.3 Å². The number of allylic oxidation sites excluding steroid dienone is 1. The topological polar surface area (TPSA) is 156 Å². The van der Waals surface area contributed by atoms with Crippen LogP contribution in [-0.4, -0.2) is 105 Å². The summed E-state index contributed by atoms with van der Waals surface area (Å²) in [5.41, 5.74) is 1.77. The van der Waals surface area contributed by atoms with Gasteiger partial charge >= 0.3 is 18.1 Å². The number of hydrogen-bond donors (Lipinski definition) is 3. The Kier molecular flexibility index (Phi) is 17.1. The van der Waals surface area contributed by atoms with Crippen molar-refractivity contribution in [2.45, 2.75) is 95.9 Å². The monoisotopic (exact) mass is 884 g/mol. The number of benzene rings is 3. The van der Waals surface area contributed by atoms with Crippen LogP contribution in [0.15, 0.2) is 90.6 Å². The molecule has 5 atom stereocenters. The van der Waals surface area contributed by atoms with E-state index < -0.39 is 56.8 Å². The summed E-state index contributed by atoms with van der Waals surface area (Å²) in [4.78, 5) is 26.6. The number of methoxy groups -OCH3 is 2. The molecule has 1 fully saturated rings. The zero-order valence-electron chi connectivity index (χ0n) is 36.0. The number of rotatable bonds is 21. The molecule has 0 spiro atoms. The summed E-state index contributed by atoms with van der Waals surface area (Å²) in [6.45, 7) is 9.66. The Morgan fingerprint density at radius 3 is 2.05 bits per heavy atom. The van der Waals surface area contributed by atoms with Crippen molar-refractivity contribution in [1.82, 2.24) is 25.5 Å². The summed E-state index contributed by atoms with van der Waals surface area (Å²) in [5, 5.41) is 16.9. The first-order chi connectivity index (χ1) is 29.6. The molecular formula is C44H56F3N6O8P. The second-order valence-corrected chi connectivity index (χ2v) is 16.6. The molecule has 2 aliphatic heterocycles. The van der Waals surface area contributed by atoms with E-state index in [4.69, 9.17) is 28.0 Å². The fourth-order valence-electron chi connectivity index (χ4n) is 7.51. The number of amides is 3. The van der Waals surface area contributed by atoms with Crippen molar-refractivity contribution in [3.8, 4) is 17.6 Å². The molecule has 14 nitrogen and oxygen atoms in total. The van der Waals surface area contributed by atoms with Gasteiger partial charge in [0.1, 0.15) is 35.6 Å². The van der Waals surface area contributed by atoms with E-state index in [0.29, 0.717) is 17.2 Å². The van der Waals surface area contributed by atoms with Crippen LogP contribution in [0.1, 0.15) is 64.2 Å². The van der Waals surface area contributed by atoms with Crippen molar-refractivity contribution in [2.75, 3.05) is 40.5 Å². The molecule has 0 bridgehead atoms. The smallest absolute Gasteiger partial charge is 0.471 e. The Morgan fingerprint density at radius 2 is 1.53 bits per heavy atom. The molecule has 0 saturated carbocycles. The standard InChI is InChI=1S/C44H56F3N6O8P/c1-29(2)53(30(3)4)62(59-25-11-22-48)61-37-27-40(52-31(5)26-39(51-42(52)55)49-23-24-50-41(54)44(45,46)47)60-38(37)28-58-43(32-12-9-8-10-13-32,33-14-18-35(56-6)19-15-33)34-16-20-36(57-7)21-17-34/h8-10,12-21,26,29-30,37-40,49H,11,23-25,27-28H2,1-7H3,(H,50,54)(H,51,55)/t37-,38+,39?,40+,62?/m0/s1. The van der Waals surface area contributed by atoms with Gasteiger partial charge < -0.3 is 38.6 Å². The lowest BCUT2D eigenvalue weighted by Crippen LogP contribution is -2.56. The maximum Gasteiger partial charge on any atom is 0.471 e. The Balaban J connectivity index is 1.51. The Morgan fingerprint density at radius 1 is 0.952 bits per heavy atom. The number of hydrogen-bond acceptors (Lipinski definition) is 11. The number of alkyl halides is 3. The average molecular weight is 885 g/mol. The molecule has 0 aromatic heterocycles. The number of halogens is 3. The summed E-state index contributed by atoms with van der Waals surface area (Å²) in [5.74, 6) is -0.713. The van der Waals surface area contributed by atoms with Gasteiger partial charge in [-0.15, -0.1) is 0 Å². The number of carbonyl (C=O) groups is 2. The third-order valence-electron chi connectivity index (χ3n) is 10.3. The summed E-state index contributed by atoms with van der Waals surface area (Å²) in [6, 6.07) is 26.7. The Hall–Kier alpha value is -4.79. The molecule has 18 heteroatoms. The number of nitrogens with one attached hydrogen (secondary N) is 3. The van der Waals surface area contributed by atoms with Crippen LogP contribution in [-0.2, 0) is 28.9 Å². The Bertz CT molecular complexity index is 1930. The van der Waals surface area contributed by atoms with Crippen molar-refractivity contribution in [3.63, 3.8) is 0 Å². The van der Waals surface area contributed by atoms with E-state index in [-0.39, 0.29) is 51.2 Å². The zero-order chi connectivity index (χ0) is 45.0. The highest BCUT2D eigenvalue weighted by molar-refractivity contribution is 7.44. The van der Waals surface area contributed by atoms with Crippen molar-refractivity contribution in [2.24, 2.45) is 0 Å². The summed E-state index contributed by atoms with van der Waals surface area (Å²) >= 11 is 0. The van der Waals surface area contributed by atoms with E-state index in [9.17, 15) is 28.0 Å². The van der Waals surface area contributed by atoms with E-state index in [0.717, 1.165) is 16.7 Å². The fourth-order valence-corrected chi connectivity index (χ4v) is 9.27. The van der Waals surface area contributed by atoms with Gasteiger partial charge in [-0.2, -0.15) is 18.4 Å². The van der Waals surface area contributed by atoms with Gasteiger partial charge in [-0.05, 0) is 81.7 Å². The van der Waals surface area contributed by atoms with E-state index in [1.807, 2.05) is 112 Å². The second kappa shape index (κ2) is 22.0. The lowest BCUT2D eigenvalue weighted by Gasteiger charge is -2.39. The van der Waals surface area contributed by atoms with Crippen LogP contribution >= 0.6 is 8.53 Å². The molecular weight excluding hydrogens is 828 g/mol. The minimum atomic E-state index is -5.00. The van der Waals surface area contributed by atoms with Crippen molar-refractivity contribution >= 4 is 20.5 Å². The third-order valence-corrected chi connectivity index (χ3v) is 12.5. The predicted molar refractivity (Wildman–Crippen MR) is 227 cm³/mol. The highest BCUT2D eigenvalue weighted by Crippen LogP contribution is 2.50. The van der Waals surface area contributed by atoms with Crippen LogP contribution in [0.4, 0.5) is 18.0 Å². The van der Waals surface area contributed by atoms with Gasteiger partial charge in [-0.25, -0.2) is 9.46 Å². The lowest BCUT2D eigenvalue weighted by atomic mass is 9.80. The highest BCUT2D eigenvalue weighted by Gasteiger charge is 2.47. The van der Waals surface area contributed by atoms with Gasteiger partial charge in [0.05, 0.1) is 46.0 Å². The molecule has 5 rings (SSSR count). The van der Waals surface area contributed by atoms with E-state index in [1.165, 1.54) is 4.90 Å². The van der Waals surface area contributed by atoms with Gasteiger partial charge in [-0.3, -0.25) is 15.0 Å². The molecule has 62 heavy (non-hydrogen) atoms. The van der Waals surface area contributed by atoms with Gasteiger partial charge in [0, 0.05) is 37.3 Å². The van der Waals surface area contributed by atoms with Crippen molar-refractivity contribution in [1.29, 1.82) is 5.26 Å². The van der Waals surface area contributed by atoms with Crippen LogP contribution in [0.2, 0.25) is 0 Å². The van der Waals surface area contributed by atoms with Crippen LogP contribution in [0.3, 0.4) is 0 Å². The van der Waals surface area contributed by atoms with Crippen LogP contribution in [0.25, 0.3) is 0 Å². The minimum absolute atomic E-state index is 0.0103. The first kappa shape index (κ1) is 48.2. The first-order valence-electron chi connectivity index (χ1n) is 20.4. The van der Waals surface area contributed by atoms with Gasteiger partial charge in [0.2, 0.25) is 0 Å². The molecule has 2 unspecified atom stereocenters. The van der Waals surface area contributed by atoms with Gasteiger partial charge in [-0.1, -0.05) is 54.6 Å². The van der Waals surface area contributed by atoms with Crippen molar-refractivity contribution < 1.29 is 50.8 Å². The van der Waals surface area contributed by atoms with Gasteiger partial charge in [0.15, 0.2) is 0 Å². The number of carbonyl (C=O) groups excluding carboxylic acids is 2. The van der Waals surface area contributed by atoms with Crippen LogP contribution in [0.5, 0.6) is 11.5 Å². The second-order valence-electron chi connectivity index (χ2n) is 15.2. The highest BCUT2D eigenvalue weighted by atomic mass is 31.2. The maximum atomic E-state index is 13.8. The Labute approximate surface area is 362 Å². The number of nitrogens with zero attached hydrogens (tertiary/aromatic N) is 3. The molecule has 2 aliphatic rings. The minimum Gasteiger partial charge on any atom is -0.497 e. The fraction of sp³-hybridized carbons (Fsp3) is 0.477. The first-order valence-corrected chi connectivity index (χ1v) is 21.5. The summed E-state index contributed by atoms with van der Waals surface area (Å²) in [6.07, 6.45) is -5.94. The van der Waals surface area contributed by atoms with E-state index in [2.05, 4.69) is 21.4 Å². The summed E-state index contributed by atoms with van der Waals surface area (Å²) < 4.78 is 78.4. The molecule has 2 heterocycles. The lowest BCUT2D eigenvalue weighted by molar-refractivity contribution is -0.173. The number of nitriles is 1. The predicted octanol–water partition coefficient (Wildman–Crippen LogP) is 7.31. The maximum absolute atomic E-state index is 13.8. The van der Waals surface area contributed by atoms with Crippen molar-refractivity contribution in [3.05, 3.63) is 107 Å². The molecule has 3 aromatic rings. The average Bonchev–Trinajstić information content (AvgIpc) is 3.63. The number of ether oxygens (including phenoxy) is 4. The largest absolute Gasteiger partial charge is 0.497 e. The molecule has 3 aromatic carbocycles. The van der Waals surface area contributed by atoms with Gasteiger partial charge in [0.25, 0.3) is 8.53 Å². The van der Waals surface area contributed by atoms with E-state index >= 15 is 0 Å². The normalized spacial score (nSPS) is 19.9. The quantitative estimate of drug-likeness (QED) is 0.0561. The third kappa shape index (κ3) is 11.8. The number of urea groups is 1. The molecule has 336 valence electrons. The van der Waals surface area contributed by atoms with Crippen LogP contribution < -0.4 is 25.4 Å². The summed E-state index contributed by atoms with van der Waals surface area (Å²) in [7, 11) is 1.46. The molecule has 3 amide bonds. The molecule has 1 saturated heterocycles. The molecule has 0 aliphatic carbocycles. The molecule has 3 N–H and O–H groups in total.